The molecule has 0 radical (unpaired) electrons. The van der Waals surface area contributed by atoms with E-state index in [1.807, 2.05) is 0 Å². The fraction of sp³-hybridized carbons (Fsp3) is 1.00. The first-order valence-corrected chi connectivity index (χ1v) is 37.6. The molecule has 14 rings (SSSR count). The summed E-state index contributed by atoms with van der Waals surface area (Å²) < 4.78 is 0. The highest BCUT2D eigenvalue weighted by atomic mass is 15.3. The van der Waals surface area contributed by atoms with Crippen molar-refractivity contribution < 1.29 is 0 Å². The Labute approximate surface area is 490 Å². The zero-order chi connectivity index (χ0) is 54.1. The molecule has 0 aromatic carbocycles. The highest BCUT2D eigenvalue weighted by molar-refractivity contribution is 6.65. The molecule has 3 heteroatoms. The minimum Gasteiger partial charge on any atom is -0.295 e. The summed E-state index contributed by atoms with van der Waals surface area (Å²) in [7, 11) is 0. The van der Waals surface area contributed by atoms with E-state index >= 15 is 0 Å². The van der Waals surface area contributed by atoms with Crippen molar-refractivity contribution in [3.05, 3.63) is 0 Å². The van der Waals surface area contributed by atoms with Crippen molar-refractivity contribution in [3.8, 4) is 0 Å². The fourth-order valence-corrected chi connectivity index (χ4v) is 27.4. The molecule has 0 aromatic rings. The third-order valence-corrected chi connectivity index (χ3v) is 31.2. The van der Waals surface area contributed by atoms with Crippen LogP contribution in [0.3, 0.4) is 0 Å². The standard InChI is InChI=1S/C76H129BN2/c1-74(2,3)58-39-55-25-26-56-40-59(75(4,5)6)45-64-63(42-57(41-58)71(55)72(56)64)54-32-38-66-68(44-54)79(62-35-29-52(30-36-62)49-21-15-11-16-22-49)70-47-60(76(7,8)9)46-69-73(70)77(66)65-37-31-53(50-23-17-12-18-24-50)43-67(65)78(69)61-33-27-51(28-34-61)48-19-13-10-14-20-48/h48-73H,10-47H2,1-9H3. The molecule has 12 saturated carbocycles. The molecule has 0 amide bonds. The van der Waals surface area contributed by atoms with Crippen LogP contribution >= 0.6 is 0 Å². The van der Waals surface area contributed by atoms with Gasteiger partial charge in [-0.1, -0.05) is 184 Å². The van der Waals surface area contributed by atoms with E-state index < -0.39 is 0 Å². The van der Waals surface area contributed by atoms with Gasteiger partial charge in [0, 0.05) is 36.3 Å². The van der Waals surface area contributed by atoms with Gasteiger partial charge in [-0.25, -0.2) is 0 Å². The third kappa shape index (κ3) is 10.7. The summed E-state index contributed by atoms with van der Waals surface area (Å²) in [4.78, 5) is 7.31. The summed E-state index contributed by atoms with van der Waals surface area (Å²) >= 11 is 0. The summed E-state index contributed by atoms with van der Waals surface area (Å²) in [6.07, 6.45) is 59.6. The van der Waals surface area contributed by atoms with Gasteiger partial charge in [-0.05, 0) is 256 Å². The molecule has 12 aliphatic carbocycles. The average molecular weight is 1080 g/mol. The Kier molecular flexibility index (Phi) is 16.2. The van der Waals surface area contributed by atoms with Gasteiger partial charge < -0.3 is 0 Å². The van der Waals surface area contributed by atoms with E-state index in [4.69, 9.17) is 0 Å². The Morgan fingerprint density at radius 2 is 0.633 bits per heavy atom. The van der Waals surface area contributed by atoms with Crippen LogP contribution in [0.15, 0.2) is 0 Å². The first-order valence-electron chi connectivity index (χ1n) is 37.6. The predicted molar refractivity (Wildman–Crippen MR) is 337 cm³/mol. The van der Waals surface area contributed by atoms with Gasteiger partial charge in [0.2, 0.25) is 0 Å². The van der Waals surface area contributed by atoms with Crippen LogP contribution in [0.5, 0.6) is 0 Å². The van der Waals surface area contributed by atoms with Gasteiger partial charge in [0.1, 0.15) is 0 Å². The molecule has 0 spiro atoms. The fourth-order valence-electron chi connectivity index (χ4n) is 27.4. The second-order valence-electron chi connectivity index (χ2n) is 37.3. The lowest BCUT2D eigenvalue weighted by Crippen LogP contribution is -2.75. The van der Waals surface area contributed by atoms with Crippen molar-refractivity contribution >= 4 is 6.71 Å². The van der Waals surface area contributed by atoms with Gasteiger partial charge in [-0.2, -0.15) is 0 Å². The van der Waals surface area contributed by atoms with E-state index in [-0.39, 0.29) is 0 Å². The quantitative estimate of drug-likeness (QED) is 0.245. The maximum absolute atomic E-state index is 3.69. The van der Waals surface area contributed by atoms with E-state index in [2.05, 4.69) is 72.1 Å². The van der Waals surface area contributed by atoms with Crippen LogP contribution in [0.25, 0.3) is 0 Å². The third-order valence-electron chi connectivity index (χ3n) is 31.2. The molecule has 0 bridgehead atoms. The summed E-state index contributed by atoms with van der Waals surface area (Å²) in [5.74, 6) is 20.1. The van der Waals surface area contributed by atoms with E-state index in [9.17, 15) is 0 Å². The van der Waals surface area contributed by atoms with Crippen molar-refractivity contribution in [3.63, 3.8) is 0 Å². The number of hydrogen-bond donors (Lipinski definition) is 0. The van der Waals surface area contributed by atoms with Gasteiger partial charge >= 0.3 is 0 Å². The normalized spacial score (nSPS) is 49.0. The molecule has 14 aliphatic rings. The highest BCUT2D eigenvalue weighted by Crippen LogP contribution is 2.70. The van der Waals surface area contributed by atoms with Crippen LogP contribution in [0.2, 0.25) is 17.5 Å². The zero-order valence-corrected chi connectivity index (χ0v) is 53.9. The van der Waals surface area contributed by atoms with E-state index in [0.717, 1.165) is 161 Å². The molecule has 2 heterocycles. The van der Waals surface area contributed by atoms with Crippen molar-refractivity contribution in [2.24, 2.45) is 117 Å². The Morgan fingerprint density at radius 3 is 1.11 bits per heavy atom. The SMILES string of the molecule is CC(C)(C)C1CC2CCC3CC(C(C)(C)C)CC4C(C5CCC6B7C8CCC(C9CCCCC9)CC8N(C8CCC(C9CCCCC9)CC8)C8CC(C(C)(C)C)CC(C78)N(C7CCC(C8CCCCC8)CC7)C6C5)CC(C1)C2C34. The molecular weight excluding hydrogens is 952 g/mol. The number of nitrogens with zero attached hydrogens (tertiary/aromatic N) is 2. The van der Waals surface area contributed by atoms with Crippen LogP contribution < -0.4 is 0 Å². The van der Waals surface area contributed by atoms with Gasteiger partial charge in [0.15, 0.2) is 6.71 Å². The van der Waals surface area contributed by atoms with Gasteiger partial charge in [-0.3, -0.25) is 9.80 Å². The average Bonchev–Trinajstić information content (AvgIpc) is 3.22. The van der Waals surface area contributed by atoms with Gasteiger partial charge in [0.05, 0.1) is 0 Å². The minimum absolute atomic E-state index is 0.387. The summed E-state index contributed by atoms with van der Waals surface area (Å²) in [5, 5.41) is 0. The predicted octanol–water partition coefficient (Wildman–Crippen LogP) is 21.0. The number of fused-ring (bicyclic) bond motifs is 4. The molecular formula is C76H129BN2. The second kappa shape index (κ2) is 22.6. The number of rotatable bonds is 6. The first-order chi connectivity index (χ1) is 38.0. The smallest absolute Gasteiger partial charge is 0.156 e. The summed E-state index contributed by atoms with van der Waals surface area (Å²) in [6.45, 7) is 25.2. The van der Waals surface area contributed by atoms with Crippen LogP contribution in [0, 0.1) is 117 Å². The second-order valence-corrected chi connectivity index (χ2v) is 37.3. The lowest BCUT2D eigenvalue weighted by atomic mass is 9.18. The van der Waals surface area contributed by atoms with Gasteiger partial charge in [0.25, 0.3) is 0 Å². The molecule has 19 unspecified atom stereocenters. The minimum atomic E-state index is 0.387. The van der Waals surface area contributed by atoms with Crippen LogP contribution in [0.1, 0.15) is 306 Å². The summed E-state index contributed by atoms with van der Waals surface area (Å²) in [5.41, 5.74) is 1.30. The van der Waals surface area contributed by atoms with Crippen molar-refractivity contribution in [1.29, 1.82) is 0 Å². The molecule has 2 nitrogen and oxygen atoms in total. The highest BCUT2D eigenvalue weighted by Gasteiger charge is 2.67. The Balaban J connectivity index is 0.837. The Hall–Kier alpha value is -0.0151. The van der Waals surface area contributed by atoms with Crippen LogP contribution in [-0.2, 0) is 0 Å². The maximum Gasteiger partial charge on any atom is 0.156 e. The lowest BCUT2D eigenvalue weighted by Gasteiger charge is -2.71. The molecule has 14 fully saturated rings. The molecule has 2 saturated heterocycles. The van der Waals surface area contributed by atoms with E-state index in [1.165, 1.54) is 57.8 Å². The largest absolute Gasteiger partial charge is 0.295 e. The molecule has 19 atom stereocenters. The lowest BCUT2D eigenvalue weighted by molar-refractivity contribution is -0.155. The van der Waals surface area contributed by atoms with Crippen molar-refractivity contribution in [2.45, 2.75) is 360 Å². The molecule has 0 aromatic heterocycles. The molecule has 446 valence electrons. The van der Waals surface area contributed by atoms with Crippen LogP contribution in [0.4, 0.5) is 0 Å². The van der Waals surface area contributed by atoms with E-state index in [1.54, 1.807) is 186 Å². The van der Waals surface area contributed by atoms with Gasteiger partial charge in [-0.15, -0.1) is 0 Å². The first kappa shape index (κ1) is 56.8. The zero-order valence-electron chi connectivity index (χ0n) is 53.9. The number of hydrogen-bond acceptors (Lipinski definition) is 2. The van der Waals surface area contributed by atoms with Crippen molar-refractivity contribution in [1.82, 2.24) is 9.80 Å². The van der Waals surface area contributed by atoms with E-state index in [0.29, 0.717) is 16.2 Å². The molecule has 79 heavy (non-hydrogen) atoms. The maximum atomic E-state index is 3.69. The monoisotopic (exact) mass is 1080 g/mol. The molecule has 0 N–H and O–H groups in total. The summed E-state index contributed by atoms with van der Waals surface area (Å²) in [6, 6.07) is 5.19. The molecule has 2 aliphatic heterocycles. The topological polar surface area (TPSA) is 6.48 Å². The van der Waals surface area contributed by atoms with Crippen LogP contribution in [-0.4, -0.2) is 52.8 Å². The van der Waals surface area contributed by atoms with Crippen molar-refractivity contribution in [2.75, 3.05) is 0 Å². The Bertz CT molecular complexity index is 2010. The Morgan fingerprint density at radius 1 is 0.266 bits per heavy atom.